The summed E-state index contributed by atoms with van der Waals surface area (Å²) in [5.74, 6) is 1.65. The molecule has 0 saturated carbocycles. The maximum atomic E-state index is 8.89. The minimum atomic E-state index is -0.343. The Morgan fingerprint density at radius 1 is 1.28 bits per heavy atom. The average molecular weight is 402 g/mol. The van der Waals surface area contributed by atoms with E-state index in [0.29, 0.717) is 17.7 Å². The number of ether oxygens (including phenoxy) is 1. The van der Waals surface area contributed by atoms with Crippen LogP contribution in [0, 0.1) is 0 Å². The molecule has 2 aromatic carbocycles. The molecule has 25 heavy (non-hydrogen) atoms. The molecule has 1 aliphatic heterocycles. The van der Waals surface area contributed by atoms with Gasteiger partial charge in [-0.25, -0.2) is 9.98 Å². The highest BCUT2D eigenvalue weighted by Gasteiger charge is 2.26. The maximum absolute atomic E-state index is 8.89. The Hall–Kier alpha value is -2.58. The number of fused-ring (bicyclic) bond motifs is 3. The number of aliphatic hydroxyl groups excluding tert-OH is 1. The van der Waals surface area contributed by atoms with Gasteiger partial charge in [0.25, 0.3) is 0 Å². The van der Waals surface area contributed by atoms with Crippen LogP contribution in [0.2, 0.25) is 0 Å². The van der Waals surface area contributed by atoms with Crippen LogP contribution in [-0.2, 0) is 0 Å². The fraction of sp³-hybridized carbons (Fsp3) is 0.176. The summed E-state index contributed by atoms with van der Waals surface area (Å²) in [4.78, 5) is 9.15. The monoisotopic (exact) mass is 401 g/mol. The van der Waals surface area contributed by atoms with Crippen molar-refractivity contribution < 1.29 is 9.84 Å². The lowest BCUT2D eigenvalue weighted by atomic mass is 10.1. The van der Waals surface area contributed by atoms with Crippen molar-refractivity contribution in [1.29, 1.82) is 0 Å². The lowest BCUT2D eigenvalue weighted by Gasteiger charge is -2.24. The second-order valence-electron chi connectivity index (χ2n) is 5.56. The molecule has 0 spiro atoms. The van der Waals surface area contributed by atoms with E-state index in [-0.39, 0.29) is 19.4 Å². The highest BCUT2D eigenvalue weighted by atomic mass is 79.9. The number of anilines is 1. The third-order valence-electron chi connectivity index (χ3n) is 3.95. The molecule has 7 nitrogen and oxygen atoms in total. The SMILES string of the molecule is NC1=N[C@@H](c2ccc(OCCO)cc2Br)n2c(nc3ccccc32)N1. The molecule has 0 saturated heterocycles. The Kier molecular flexibility index (Phi) is 4.06. The van der Waals surface area contributed by atoms with Crippen molar-refractivity contribution in [3.05, 3.63) is 52.5 Å². The normalized spacial score (nSPS) is 16.2. The minimum absolute atomic E-state index is 0.0289. The molecule has 3 aromatic rings. The van der Waals surface area contributed by atoms with Crippen LogP contribution in [0.1, 0.15) is 11.7 Å². The molecule has 0 bridgehead atoms. The number of aliphatic hydroxyl groups is 1. The molecule has 1 aliphatic rings. The summed E-state index contributed by atoms with van der Waals surface area (Å²) in [6, 6.07) is 13.5. The molecule has 1 aromatic heterocycles. The number of para-hydroxylation sites is 2. The quantitative estimate of drug-likeness (QED) is 0.623. The molecular weight excluding hydrogens is 386 g/mol. The number of halogens is 1. The molecule has 0 amide bonds. The van der Waals surface area contributed by atoms with E-state index in [0.717, 1.165) is 21.1 Å². The fourth-order valence-corrected chi connectivity index (χ4v) is 3.46. The first-order valence-electron chi connectivity index (χ1n) is 7.78. The minimum Gasteiger partial charge on any atom is -0.491 e. The second kappa shape index (κ2) is 6.38. The lowest BCUT2D eigenvalue weighted by Crippen LogP contribution is -2.31. The molecule has 0 aliphatic carbocycles. The van der Waals surface area contributed by atoms with E-state index in [1.807, 2.05) is 47.0 Å². The topological polar surface area (TPSA) is 97.7 Å². The van der Waals surface area contributed by atoms with Crippen molar-refractivity contribution in [3.63, 3.8) is 0 Å². The summed E-state index contributed by atoms with van der Waals surface area (Å²) in [6.07, 6.45) is -0.343. The Balaban J connectivity index is 1.81. The van der Waals surface area contributed by atoms with Gasteiger partial charge in [-0.1, -0.05) is 34.1 Å². The molecule has 1 atom stereocenters. The second-order valence-corrected chi connectivity index (χ2v) is 6.42. The number of nitrogens with one attached hydrogen (secondary N) is 1. The summed E-state index contributed by atoms with van der Waals surface area (Å²) in [7, 11) is 0. The molecule has 4 N–H and O–H groups in total. The van der Waals surface area contributed by atoms with E-state index >= 15 is 0 Å². The van der Waals surface area contributed by atoms with Gasteiger partial charge in [0.1, 0.15) is 12.4 Å². The van der Waals surface area contributed by atoms with E-state index in [2.05, 4.69) is 31.2 Å². The number of aromatic nitrogens is 2. The number of nitrogens with zero attached hydrogens (tertiary/aromatic N) is 3. The number of hydrogen-bond acceptors (Lipinski definition) is 6. The van der Waals surface area contributed by atoms with Gasteiger partial charge >= 0.3 is 0 Å². The van der Waals surface area contributed by atoms with E-state index in [1.54, 1.807) is 0 Å². The fourth-order valence-electron chi connectivity index (χ4n) is 2.90. The van der Waals surface area contributed by atoms with Crippen LogP contribution in [0.15, 0.2) is 51.9 Å². The van der Waals surface area contributed by atoms with Crippen LogP contribution in [0.5, 0.6) is 5.75 Å². The van der Waals surface area contributed by atoms with Gasteiger partial charge in [-0.05, 0) is 24.3 Å². The van der Waals surface area contributed by atoms with Crippen LogP contribution in [0.3, 0.4) is 0 Å². The molecule has 2 heterocycles. The summed E-state index contributed by atoms with van der Waals surface area (Å²) < 4.78 is 8.31. The van der Waals surface area contributed by atoms with Gasteiger partial charge in [0.15, 0.2) is 12.1 Å². The lowest BCUT2D eigenvalue weighted by molar-refractivity contribution is 0.201. The third kappa shape index (κ3) is 2.83. The first-order chi connectivity index (χ1) is 12.2. The highest BCUT2D eigenvalue weighted by molar-refractivity contribution is 9.10. The van der Waals surface area contributed by atoms with E-state index in [9.17, 15) is 0 Å². The van der Waals surface area contributed by atoms with Gasteiger partial charge in [0.05, 0.1) is 17.6 Å². The zero-order valence-corrected chi connectivity index (χ0v) is 14.8. The van der Waals surface area contributed by atoms with Gasteiger partial charge in [-0.15, -0.1) is 0 Å². The zero-order chi connectivity index (χ0) is 17.4. The number of imidazole rings is 1. The van der Waals surface area contributed by atoms with Crippen LogP contribution >= 0.6 is 15.9 Å². The summed E-state index contributed by atoms with van der Waals surface area (Å²) in [5, 5.41) is 11.9. The molecular formula is C17H16BrN5O2. The molecule has 8 heteroatoms. The predicted molar refractivity (Wildman–Crippen MR) is 99.8 cm³/mol. The summed E-state index contributed by atoms with van der Waals surface area (Å²) >= 11 is 3.59. The van der Waals surface area contributed by atoms with Crippen molar-refractivity contribution in [2.45, 2.75) is 6.17 Å². The number of guanidine groups is 1. The Morgan fingerprint density at radius 3 is 2.92 bits per heavy atom. The molecule has 0 radical (unpaired) electrons. The van der Waals surface area contributed by atoms with Gasteiger partial charge in [-0.3, -0.25) is 9.88 Å². The van der Waals surface area contributed by atoms with Crippen molar-refractivity contribution in [2.24, 2.45) is 10.7 Å². The number of benzene rings is 2. The van der Waals surface area contributed by atoms with Gasteiger partial charge in [0, 0.05) is 10.0 Å². The highest BCUT2D eigenvalue weighted by Crippen LogP contribution is 2.36. The number of nitrogens with two attached hydrogens (primary N) is 1. The number of aliphatic imine (C=N–C) groups is 1. The van der Waals surface area contributed by atoms with Crippen LogP contribution in [0.4, 0.5) is 5.95 Å². The smallest absolute Gasteiger partial charge is 0.212 e. The number of rotatable bonds is 4. The predicted octanol–water partition coefficient (Wildman–Crippen LogP) is 2.46. The molecule has 0 unspecified atom stereocenters. The first-order valence-corrected chi connectivity index (χ1v) is 8.57. The van der Waals surface area contributed by atoms with Crippen molar-refractivity contribution in [3.8, 4) is 5.75 Å². The largest absolute Gasteiger partial charge is 0.491 e. The van der Waals surface area contributed by atoms with E-state index in [1.165, 1.54) is 0 Å². The van der Waals surface area contributed by atoms with E-state index in [4.69, 9.17) is 15.6 Å². The van der Waals surface area contributed by atoms with Gasteiger partial charge in [0.2, 0.25) is 5.95 Å². The van der Waals surface area contributed by atoms with E-state index < -0.39 is 0 Å². The Bertz CT molecular complexity index is 969. The molecule has 4 rings (SSSR count). The average Bonchev–Trinajstić information content (AvgIpc) is 2.97. The van der Waals surface area contributed by atoms with Gasteiger partial charge in [-0.2, -0.15) is 0 Å². The summed E-state index contributed by atoms with van der Waals surface area (Å²) in [5.41, 5.74) is 8.74. The van der Waals surface area contributed by atoms with Crippen molar-refractivity contribution >= 4 is 38.9 Å². The maximum Gasteiger partial charge on any atom is 0.212 e. The summed E-state index contributed by atoms with van der Waals surface area (Å²) in [6.45, 7) is 0.222. The number of hydrogen-bond donors (Lipinski definition) is 3. The molecule has 0 fully saturated rings. The van der Waals surface area contributed by atoms with Crippen LogP contribution < -0.4 is 15.8 Å². The standard InChI is InChI=1S/C17H16BrN5O2/c18-12-9-10(25-8-7-24)5-6-11(12)15-21-16(19)22-17-20-13-3-1-2-4-14(13)23(15)17/h1-6,9,15,24H,7-8H2,(H3,19,20,21,22)/t15-/m1/s1. The van der Waals surface area contributed by atoms with Gasteiger partial charge < -0.3 is 15.6 Å². The van der Waals surface area contributed by atoms with Crippen molar-refractivity contribution in [2.75, 3.05) is 18.5 Å². The van der Waals surface area contributed by atoms with Crippen molar-refractivity contribution in [1.82, 2.24) is 9.55 Å². The Labute approximate surface area is 152 Å². The zero-order valence-electron chi connectivity index (χ0n) is 13.2. The van der Waals surface area contributed by atoms with Crippen LogP contribution in [0.25, 0.3) is 11.0 Å². The molecule has 128 valence electrons. The Morgan fingerprint density at radius 2 is 2.12 bits per heavy atom. The van der Waals surface area contributed by atoms with Crippen LogP contribution in [-0.4, -0.2) is 33.8 Å². The third-order valence-corrected chi connectivity index (χ3v) is 4.64. The first kappa shape index (κ1) is 15.9.